The lowest BCUT2D eigenvalue weighted by Gasteiger charge is -2.15. The molecule has 4 aromatic heterocycles. The molecule has 58 heavy (non-hydrogen) atoms. The van der Waals surface area contributed by atoms with Crippen LogP contribution in [0.3, 0.4) is 0 Å². The number of hydrogen-bond donors (Lipinski definition) is 0. The van der Waals surface area contributed by atoms with Gasteiger partial charge < -0.3 is 0 Å². The van der Waals surface area contributed by atoms with Crippen molar-refractivity contribution in [1.29, 1.82) is 0 Å². The summed E-state index contributed by atoms with van der Waals surface area (Å²) in [6.07, 6.45) is 0. The minimum atomic E-state index is 0.616. The zero-order valence-electron chi connectivity index (χ0n) is 31.3. The Morgan fingerprint density at radius 1 is 0.328 bits per heavy atom. The number of rotatable bonds is 5. The van der Waals surface area contributed by atoms with E-state index in [0.717, 1.165) is 105 Å². The summed E-state index contributed by atoms with van der Waals surface area (Å²) in [5, 5.41) is 6.65. The fourth-order valence-corrected chi connectivity index (χ4v) is 8.93. The number of hydrogen-bond acceptors (Lipinski definition) is 3. The van der Waals surface area contributed by atoms with Crippen LogP contribution < -0.4 is 0 Å². The van der Waals surface area contributed by atoms with Crippen LogP contribution in [0.25, 0.3) is 111 Å². The van der Waals surface area contributed by atoms with Gasteiger partial charge in [0.15, 0.2) is 0 Å². The van der Waals surface area contributed by atoms with Crippen molar-refractivity contribution in [2.24, 2.45) is 0 Å². The first-order valence-corrected chi connectivity index (χ1v) is 19.6. The zero-order chi connectivity index (χ0) is 38.2. The van der Waals surface area contributed by atoms with Crippen LogP contribution in [-0.2, 0) is 0 Å². The maximum Gasteiger partial charge on any atom is 0.235 e. The maximum absolute atomic E-state index is 5.56. The quantitative estimate of drug-likeness (QED) is 0.165. The predicted octanol–water partition coefficient (Wildman–Crippen LogP) is 13.3. The normalized spacial score (nSPS) is 11.8. The summed E-state index contributed by atoms with van der Waals surface area (Å²) in [4.78, 5) is 16.5. The number of para-hydroxylation sites is 2. The lowest BCUT2D eigenvalue weighted by molar-refractivity contribution is 1.02. The third-order valence-corrected chi connectivity index (χ3v) is 11.5. The van der Waals surface area contributed by atoms with Crippen LogP contribution in [0.5, 0.6) is 0 Å². The van der Waals surface area contributed by atoms with Gasteiger partial charge in [0.05, 0.1) is 39.0 Å². The van der Waals surface area contributed by atoms with Crippen molar-refractivity contribution in [2.45, 2.75) is 0 Å². The molecule has 0 atom stereocenters. The summed E-state index contributed by atoms with van der Waals surface area (Å²) in [6, 6.07) is 70.6. The second kappa shape index (κ2) is 12.8. The molecular formula is C53H33N5. The zero-order valence-corrected chi connectivity index (χ0v) is 31.3. The van der Waals surface area contributed by atoms with Gasteiger partial charge in [0.2, 0.25) is 5.95 Å². The Labute approximate surface area is 333 Å². The Bertz CT molecular complexity index is 3540. The Morgan fingerprint density at radius 2 is 0.879 bits per heavy atom. The summed E-state index contributed by atoms with van der Waals surface area (Å²) >= 11 is 0. The molecule has 12 rings (SSSR count). The average molecular weight is 740 g/mol. The Morgan fingerprint density at radius 3 is 1.60 bits per heavy atom. The van der Waals surface area contributed by atoms with Crippen molar-refractivity contribution in [3.63, 3.8) is 0 Å². The molecule has 8 aromatic carbocycles. The Balaban J connectivity index is 1.33. The summed E-state index contributed by atoms with van der Waals surface area (Å²) in [5.41, 5.74) is 12.3. The van der Waals surface area contributed by atoms with Crippen molar-refractivity contribution < 1.29 is 0 Å². The van der Waals surface area contributed by atoms with E-state index in [1.165, 1.54) is 0 Å². The van der Waals surface area contributed by atoms with Gasteiger partial charge in [0, 0.05) is 43.6 Å². The molecule has 0 bridgehead atoms. The molecule has 5 heteroatoms. The fraction of sp³-hybridized carbons (Fsp3) is 0. The molecule has 0 saturated heterocycles. The molecule has 0 amide bonds. The van der Waals surface area contributed by atoms with Gasteiger partial charge in [-0.15, -0.1) is 0 Å². The highest BCUT2D eigenvalue weighted by atomic mass is 15.2. The van der Waals surface area contributed by atoms with Crippen LogP contribution in [0.1, 0.15) is 0 Å². The van der Waals surface area contributed by atoms with Crippen LogP contribution in [0.2, 0.25) is 0 Å². The lowest BCUT2D eigenvalue weighted by atomic mass is 9.99. The molecule has 0 aliphatic rings. The van der Waals surface area contributed by atoms with Crippen LogP contribution >= 0.6 is 0 Å². The van der Waals surface area contributed by atoms with Gasteiger partial charge in [-0.25, -0.2) is 15.0 Å². The topological polar surface area (TPSA) is 48.0 Å². The van der Waals surface area contributed by atoms with E-state index in [-0.39, 0.29) is 0 Å². The van der Waals surface area contributed by atoms with Gasteiger partial charge >= 0.3 is 0 Å². The van der Waals surface area contributed by atoms with Crippen LogP contribution in [0, 0.1) is 0 Å². The van der Waals surface area contributed by atoms with E-state index in [2.05, 4.69) is 203 Å². The highest BCUT2D eigenvalue weighted by Crippen LogP contribution is 2.45. The smallest absolute Gasteiger partial charge is 0.235 e. The van der Waals surface area contributed by atoms with Crippen molar-refractivity contribution in [2.75, 3.05) is 0 Å². The number of imidazole rings is 1. The van der Waals surface area contributed by atoms with Gasteiger partial charge in [-0.2, -0.15) is 0 Å². The second-order valence-corrected chi connectivity index (χ2v) is 14.8. The minimum Gasteiger partial charge on any atom is -0.291 e. The van der Waals surface area contributed by atoms with Gasteiger partial charge in [-0.1, -0.05) is 182 Å². The first-order chi connectivity index (χ1) is 28.8. The highest BCUT2D eigenvalue weighted by molar-refractivity contribution is 6.28. The second-order valence-electron chi connectivity index (χ2n) is 14.8. The maximum atomic E-state index is 5.56. The van der Waals surface area contributed by atoms with E-state index in [9.17, 15) is 0 Å². The predicted molar refractivity (Wildman–Crippen MR) is 239 cm³/mol. The molecule has 0 radical (unpaired) electrons. The van der Waals surface area contributed by atoms with Crippen molar-refractivity contribution >= 4 is 59.9 Å². The molecule has 270 valence electrons. The van der Waals surface area contributed by atoms with Gasteiger partial charge in [0.25, 0.3) is 0 Å². The van der Waals surface area contributed by atoms with E-state index < -0.39 is 0 Å². The standard InChI is InChI=1S/C53H33N5/c1-5-17-34(18-6-1)38-29-30-40-42-32-31-41-39-25-14-16-28-45(39)57-51(49(36-21-9-3-10-22-36)55-52(57)37-23-11-4-12-24-37)47(41)50(42)58(46(40)33-38)53-54-44-27-15-13-26-43(44)48(56-53)35-19-7-2-8-20-35/h1-33H. The number of aromatic nitrogens is 5. The SMILES string of the molecule is c1ccc(-c2ccc3c4ccc5c6ccccc6n6c(-c7ccccc7)nc(-c7ccccc7)c6c5c4n(-c4nc(-c5ccccc5)c5ccccc5n4)c3c2)cc1. The molecule has 0 fully saturated rings. The van der Waals surface area contributed by atoms with Crippen LogP contribution in [0.15, 0.2) is 200 Å². The van der Waals surface area contributed by atoms with E-state index >= 15 is 0 Å². The number of pyridine rings is 1. The number of fused-ring (bicyclic) bond motifs is 11. The van der Waals surface area contributed by atoms with E-state index in [1.54, 1.807) is 0 Å². The first-order valence-electron chi connectivity index (χ1n) is 19.6. The van der Waals surface area contributed by atoms with Gasteiger partial charge in [-0.05, 0) is 34.7 Å². The highest BCUT2D eigenvalue weighted by Gasteiger charge is 2.26. The monoisotopic (exact) mass is 739 g/mol. The third kappa shape index (κ3) is 4.87. The molecule has 4 heterocycles. The molecule has 0 aliphatic heterocycles. The van der Waals surface area contributed by atoms with Gasteiger partial charge in [-0.3, -0.25) is 8.97 Å². The summed E-state index contributed by atoms with van der Waals surface area (Å²) in [5.74, 6) is 1.51. The molecule has 0 spiro atoms. The molecule has 0 aliphatic carbocycles. The molecular weight excluding hydrogens is 707 g/mol. The van der Waals surface area contributed by atoms with Crippen LogP contribution in [0.4, 0.5) is 0 Å². The number of nitrogens with zero attached hydrogens (tertiary/aromatic N) is 5. The molecule has 12 aromatic rings. The van der Waals surface area contributed by atoms with Crippen molar-refractivity contribution in [3.05, 3.63) is 200 Å². The molecule has 0 saturated carbocycles. The van der Waals surface area contributed by atoms with Crippen LogP contribution in [-0.4, -0.2) is 23.9 Å². The fourth-order valence-electron chi connectivity index (χ4n) is 8.93. The van der Waals surface area contributed by atoms with E-state index in [0.29, 0.717) is 5.95 Å². The third-order valence-electron chi connectivity index (χ3n) is 11.5. The van der Waals surface area contributed by atoms with E-state index in [1.807, 2.05) is 6.07 Å². The lowest BCUT2D eigenvalue weighted by Crippen LogP contribution is -2.04. The van der Waals surface area contributed by atoms with Crippen molar-refractivity contribution in [3.8, 4) is 51.0 Å². The summed E-state index contributed by atoms with van der Waals surface area (Å²) < 4.78 is 4.69. The largest absolute Gasteiger partial charge is 0.291 e. The average Bonchev–Trinajstić information content (AvgIpc) is 3.87. The minimum absolute atomic E-state index is 0.616. The van der Waals surface area contributed by atoms with Crippen molar-refractivity contribution in [1.82, 2.24) is 23.9 Å². The summed E-state index contributed by atoms with van der Waals surface area (Å²) in [6.45, 7) is 0. The molecule has 5 nitrogen and oxygen atoms in total. The molecule has 0 N–H and O–H groups in total. The Kier molecular flexibility index (Phi) is 7.16. The molecule has 0 unspecified atom stereocenters. The van der Waals surface area contributed by atoms with E-state index in [4.69, 9.17) is 15.0 Å². The van der Waals surface area contributed by atoms with Gasteiger partial charge in [0.1, 0.15) is 5.82 Å². The first kappa shape index (κ1) is 32.4. The summed E-state index contributed by atoms with van der Waals surface area (Å²) in [7, 11) is 0. The Hall–Kier alpha value is -7.89. The number of benzene rings is 8.